The van der Waals surface area contributed by atoms with E-state index in [2.05, 4.69) is 36.2 Å². The monoisotopic (exact) mass is 234 g/mol. The zero-order chi connectivity index (χ0) is 12.3. The van der Waals surface area contributed by atoms with Crippen molar-refractivity contribution in [2.24, 2.45) is 0 Å². The van der Waals surface area contributed by atoms with E-state index in [1.807, 2.05) is 12.1 Å². The predicted octanol–water partition coefficient (Wildman–Crippen LogP) is 2.27. The van der Waals surface area contributed by atoms with Crippen LogP contribution in [0.25, 0.3) is 0 Å². The molecule has 94 valence electrons. The summed E-state index contributed by atoms with van der Waals surface area (Å²) in [4.78, 5) is 2.48. The average Bonchev–Trinajstić information content (AvgIpc) is 2.51. The second-order valence-corrected chi connectivity index (χ2v) is 4.84. The van der Waals surface area contributed by atoms with Crippen LogP contribution in [-0.4, -0.2) is 32.3 Å². The predicted molar refractivity (Wildman–Crippen MR) is 71.9 cm³/mol. The van der Waals surface area contributed by atoms with Crippen molar-refractivity contribution < 1.29 is 4.74 Å². The van der Waals surface area contributed by atoms with Gasteiger partial charge in [-0.15, -0.1) is 0 Å². The van der Waals surface area contributed by atoms with E-state index in [0.29, 0.717) is 12.1 Å². The summed E-state index contributed by atoms with van der Waals surface area (Å²) in [7, 11) is 1.70. The highest BCUT2D eigenvalue weighted by atomic mass is 16.5. The Kier molecular flexibility index (Phi) is 3.89. The molecule has 0 aromatic heterocycles. The van der Waals surface area contributed by atoms with E-state index in [1.165, 1.54) is 12.1 Å². The number of hydrogen-bond acceptors (Lipinski definition) is 3. The van der Waals surface area contributed by atoms with E-state index in [-0.39, 0.29) is 0 Å². The van der Waals surface area contributed by atoms with Crippen LogP contribution in [0.15, 0.2) is 24.3 Å². The number of hydrogen-bond donors (Lipinski definition) is 1. The van der Waals surface area contributed by atoms with Gasteiger partial charge in [-0.3, -0.25) is 0 Å². The Morgan fingerprint density at radius 3 is 2.59 bits per heavy atom. The van der Waals surface area contributed by atoms with Crippen molar-refractivity contribution >= 4 is 5.69 Å². The van der Waals surface area contributed by atoms with Crippen molar-refractivity contribution in [3.8, 4) is 5.75 Å². The van der Waals surface area contributed by atoms with Gasteiger partial charge in [-0.1, -0.05) is 0 Å². The van der Waals surface area contributed by atoms with Gasteiger partial charge in [0.25, 0.3) is 0 Å². The third-order valence-corrected chi connectivity index (χ3v) is 3.46. The summed E-state index contributed by atoms with van der Waals surface area (Å²) in [6.07, 6.45) is 1.19. The first-order valence-corrected chi connectivity index (χ1v) is 6.35. The first kappa shape index (κ1) is 12.2. The van der Waals surface area contributed by atoms with E-state index in [0.717, 1.165) is 18.8 Å². The maximum atomic E-state index is 5.20. The van der Waals surface area contributed by atoms with Crippen LogP contribution in [0.1, 0.15) is 20.3 Å². The van der Waals surface area contributed by atoms with E-state index < -0.39 is 0 Å². The van der Waals surface area contributed by atoms with E-state index >= 15 is 0 Å². The molecule has 1 fully saturated rings. The fourth-order valence-corrected chi connectivity index (χ4v) is 2.37. The van der Waals surface area contributed by atoms with Crippen LogP contribution < -0.4 is 15.0 Å². The molecule has 0 radical (unpaired) electrons. The topological polar surface area (TPSA) is 24.5 Å². The molecule has 3 heteroatoms. The molecule has 0 saturated carbocycles. The standard InChI is InChI=1S/C14H22N2O/c1-11-10-16(12(2)8-9-15-11)13-4-6-14(17-3)7-5-13/h4-7,11-12,15H,8-10H2,1-3H3. The van der Waals surface area contributed by atoms with Crippen molar-refractivity contribution in [3.63, 3.8) is 0 Å². The highest BCUT2D eigenvalue weighted by molar-refractivity contribution is 5.50. The third kappa shape index (κ3) is 2.91. The van der Waals surface area contributed by atoms with Gasteiger partial charge in [0.15, 0.2) is 0 Å². The lowest BCUT2D eigenvalue weighted by atomic mass is 10.1. The van der Waals surface area contributed by atoms with Crippen LogP contribution in [0.5, 0.6) is 5.75 Å². The number of ether oxygens (including phenoxy) is 1. The minimum Gasteiger partial charge on any atom is -0.497 e. The van der Waals surface area contributed by atoms with Crippen molar-refractivity contribution in [1.82, 2.24) is 5.32 Å². The van der Waals surface area contributed by atoms with Gasteiger partial charge >= 0.3 is 0 Å². The Hall–Kier alpha value is -1.22. The molecule has 0 spiro atoms. The maximum Gasteiger partial charge on any atom is 0.119 e. The van der Waals surface area contributed by atoms with Crippen molar-refractivity contribution in [2.45, 2.75) is 32.4 Å². The van der Waals surface area contributed by atoms with Crippen LogP contribution in [-0.2, 0) is 0 Å². The van der Waals surface area contributed by atoms with Crippen LogP contribution in [0.2, 0.25) is 0 Å². The lowest BCUT2D eigenvalue weighted by Crippen LogP contribution is -2.38. The van der Waals surface area contributed by atoms with Gasteiger partial charge in [-0.2, -0.15) is 0 Å². The minimum atomic E-state index is 0.544. The Bertz CT molecular complexity index is 350. The molecule has 1 aromatic carbocycles. The second-order valence-electron chi connectivity index (χ2n) is 4.84. The minimum absolute atomic E-state index is 0.544. The van der Waals surface area contributed by atoms with Crippen LogP contribution in [0, 0.1) is 0 Å². The highest BCUT2D eigenvalue weighted by Crippen LogP contribution is 2.23. The Morgan fingerprint density at radius 2 is 1.94 bits per heavy atom. The molecule has 0 aliphatic carbocycles. The number of benzene rings is 1. The molecule has 1 N–H and O–H groups in total. The molecule has 1 aliphatic rings. The quantitative estimate of drug-likeness (QED) is 0.849. The average molecular weight is 234 g/mol. The molecular formula is C14H22N2O. The number of nitrogens with zero attached hydrogens (tertiary/aromatic N) is 1. The van der Waals surface area contributed by atoms with E-state index in [4.69, 9.17) is 4.74 Å². The van der Waals surface area contributed by atoms with Crippen molar-refractivity contribution in [2.75, 3.05) is 25.1 Å². The number of methoxy groups -OCH3 is 1. The summed E-state index contributed by atoms with van der Waals surface area (Å²) < 4.78 is 5.20. The van der Waals surface area contributed by atoms with E-state index in [1.54, 1.807) is 7.11 Å². The molecule has 1 aromatic rings. The van der Waals surface area contributed by atoms with Crippen LogP contribution >= 0.6 is 0 Å². The Labute approximate surface area is 104 Å². The zero-order valence-electron chi connectivity index (χ0n) is 10.9. The lowest BCUT2D eigenvalue weighted by molar-refractivity contribution is 0.414. The molecule has 1 aliphatic heterocycles. The molecule has 3 nitrogen and oxygen atoms in total. The molecule has 2 rings (SSSR count). The molecule has 2 atom stereocenters. The summed E-state index contributed by atoms with van der Waals surface area (Å²) in [6.45, 7) is 6.71. The summed E-state index contributed by atoms with van der Waals surface area (Å²) in [5.74, 6) is 0.919. The highest BCUT2D eigenvalue weighted by Gasteiger charge is 2.20. The Morgan fingerprint density at radius 1 is 1.24 bits per heavy atom. The van der Waals surface area contributed by atoms with Gasteiger partial charge in [0.05, 0.1) is 7.11 Å². The molecule has 2 unspecified atom stereocenters. The normalized spacial score (nSPS) is 25.5. The first-order valence-electron chi connectivity index (χ1n) is 6.35. The van der Waals surface area contributed by atoms with Gasteiger partial charge < -0.3 is 15.0 Å². The van der Waals surface area contributed by atoms with Crippen LogP contribution in [0.3, 0.4) is 0 Å². The SMILES string of the molecule is COc1ccc(N2CC(C)NCCC2C)cc1. The molecule has 1 saturated heterocycles. The lowest BCUT2D eigenvalue weighted by Gasteiger charge is -2.30. The largest absolute Gasteiger partial charge is 0.497 e. The summed E-state index contributed by atoms with van der Waals surface area (Å²) in [5, 5.41) is 3.53. The maximum absolute atomic E-state index is 5.20. The summed E-state index contributed by atoms with van der Waals surface area (Å²) >= 11 is 0. The zero-order valence-corrected chi connectivity index (χ0v) is 10.9. The van der Waals surface area contributed by atoms with Crippen LogP contribution in [0.4, 0.5) is 5.69 Å². The first-order chi connectivity index (χ1) is 8.20. The molecular weight excluding hydrogens is 212 g/mol. The van der Waals surface area contributed by atoms with Crippen molar-refractivity contribution in [3.05, 3.63) is 24.3 Å². The van der Waals surface area contributed by atoms with Gasteiger partial charge in [0.2, 0.25) is 0 Å². The summed E-state index contributed by atoms with van der Waals surface area (Å²) in [6, 6.07) is 9.49. The van der Waals surface area contributed by atoms with Gasteiger partial charge in [0.1, 0.15) is 5.75 Å². The molecule has 0 amide bonds. The smallest absolute Gasteiger partial charge is 0.119 e. The van der Waals surface area contributed by atoms with Gasteiger partial charge in [0, 0.05) is 24.3 Å². The molecule has 0 bridgehead atoms. The molecule has 17 heavy (non-hydrogen) atoms. The Balaban J connectivity index is 2.17. The third-order valence-electron chi connectivity index (χ3n) is 3.46. The summed E-state index contributed by atoms with van der Waals surface area (Å²) in [5.41, 5.74) is 1.29. The fraction of sp³-hybridized carbons (Fsp3) is 0.571. The number of nitrogens with one attached hydrogen (secondary N) is 1. The number of rotatable bonds is 2. The number of anilines is 1. The molecule has 1 heterocycles. The second kappa shape index (κ2) is 5.41. The fourth-order valence-electron chi connectivity index (χ4n) is 2.37. The van der Waals surface area contributed by atoms with Gasteiger partial charge in [-0.25, -0.2) is 0 Å². The van der Waals surface area contributed by atoms with Crippen molar-refractivity contribution in [1.29, 1.82) is 0 Å². The van der Waals surface area contributed by atoms with Gasteiger partial charge in [-0.05, 0) is 51.1 Å². The van der Waals surface area contributed by atoms with E-state index in [9.17, 15) is 0 Å².